The summed E-state index contributed by atoms with van der Waals surface area (Å²) in [6.07, 6.45) is 0. The predicted octanol–water partition coefficient (Wildman–Crippen LogP) is 5.23. The highest BCUT2D eigenvalue weighted by atomic mass is 35.5. The number of hydrogen-bond acceptors (Lipinski definition) is 4. The van der Waals surface area contributed by atoms with Crippen LogP contribution in [0.25, 0.3) is 0 Å². The van der Waals surface area contributed by atoms with Gasteiger partial charge in [0.1, 0.15) is 11.5 Å². The largest absolute Gasteiger partial charge is 0.497 e. The van der Waals surface area contributed by atoms with Gasteiger partial charge in [-0.3, -0.25) is 4.79 Å². The van der Waals surface area contributed by atoms with E-state index in [0.717, 1.165) is 0 Å². The van der Waals surface area contributed by atoms with Gasteiger partial charge >= 0.3 is 6.03 Å². The van der Waals surface area contributed by atoms with Crippen LogP contribution >= 0.6 is 11.6 Å². The smallest absolute Gasteiger partial charge is 0.323 e. The standard InChI is InChI=1S/C22H19ClN2O4/c1-28-16-9-11-20(29-2)19(13-16)25-22(27)24-18-10-8-15(23)12-17(18)21(26)14-6-4-3-5-7-14/h3-13H,1-2H3,(H2,24,25,27). The summed E-state index contributed by atoms with van der Waals surface area (Å²) < 4.78 is 10.4. The van der Waals surface area contributed by atoms with Gasteiger partial charge < -0.3 is 20.1 Å². The van der Waals surface area contributed by atoms with Gasteiger partial charge in [0.15, 0.2) is 5.78 Å². The number of rotatable bonds is 6. The van der Waals surface area contributed by atoms with E-state index < -0.39 is 6.03 Å². The summed E-state index contributed by atoms with van der Waals surface area (Å²) in [4.78, 5) is 25.5. The van der Waals surface area contributed by atoms with Gasteiger partial charge in [0, 0.05) is 22.2 Å². The second kappa shape index (κ2) is 9.12. The summed E-state index contributed by atoms with van der Waals surface area (Å²) >= 11 is 6.08. The molecule has 0 saturated carbocycles. The Morgan fingerprint density at radius 2 is 1.55 bits per heavy atom. The molecule has 148 valence electrons. The van der Waals surface area contributed by atoms with Gasteiger partial charge in [-0.15, -0.1) is 0 Å². The van der Waals surface area contributed by atoms with Crippen LogP contribution in [0.15, 0.2) is 66.7 Å². The number of carbonyl (C=O) groups excluding carboxylic acids is 2. The number of hydrogen-bond donors (Lipinski definition) is 2. The van der Waals surface area contributed by atoms with Crippen LogP contribution in [-0.2, 0) is 0 Å². The van der Waals surface area contributed by atoms with E-state index in [1.54, 1.807) is 54.6 Å². The molecule has 0 radical (unpaired) electrons. The number of methoxy groups -OCH3 is 2. The molecular formula is C22H19ClN2O4. The monoisotopic (exact) mass is 410 g/mol. The molecule has 3 aromatic carbocycles. The third kappa shape index (κ3) is 4.86. The van der Waals surface area contributed by atoms with Gasteiger partial charge in [0.25, 0.3) is 0 Å². The van der Waals surface area contributed by atoms with Crippen molar-refractivity contribution in [1.82, 2.24) is 0 Å². The molecule has 0 heterocycles. The van der Waals surface area contributed by atoms with Crippen molar-refractivity contribution in [3.05, 3.63) is 82.9 Å². The third-order valence-corrected chi connectivity index (χ3v) is 4.40. The molecule has 2 N–H and O–H groups in total. The lowest BCUT2D eigenvalue weighted by molar-refractivity contribution is 0.103. The van der Waals surface area contributed by atoms with Crippen LogP contribution in [0.5, 0.6) is 11.5 Å². The van der Waals surface area contributed by atoms with E-state index in [-0.39, 0.29) is 11.3 Å². The van der Waals surface area contributed by atoms with Gasteiger partial charge in [-0.05, 0) is 30.3 Å². The van der Waals surface area contributed by atoms with E-state index in [4.69, 9.17) is 21.1 Å². The number of carbonyl (C=O) groups is 2. The highest BCUT2D eigenvalue weighted by Crippen LogP contribution is 2.29. The predicted molar refractivity (Wildman–Crippen MR) is 114 cm³/mol. The Morgan fingerprint density at radius 1 is 0.828 bits per heavy atom. The zero-order chi connectivity index (χ0) is 20.8. The Labute approximate surface area is 173 Å². The summed E-state index contributed by atoms with van der Waals surface area (Å²) in [6, 6.07) is 18.0. The lowest BCUT2D eigenvalue weighted by atomic mass is 10.0. The summed E-state index contributed by atoms with van der Waals surface area (Å²) in [5, 5.41) is 5.80. The molecule has 0 saturated heterocycles. The molecule has 0 aliphatic heterocycles. The molecule has 2 amide bonds. The van der Waals surface area contributed by atoms with Crippen molar-refractivity contribution in [2.45, 2.75) is 0 Å². The lowest BCUT2D eigenvalue weighted by Gasteiger charge is -2.14. The van der Waals surface area contributed by atoms with Crippen molar-refractivity contribution in [2.24, 2.45) is 0 Å². The normalized spacial score (nSPS) is 10.2. The van der Waals surface area contributed by atoms with Gasteiger partial charge in [-0.25, -0.2) is 4.79 Å². The van der Waals surface area contributed by atoms with Gasteiger partial charge in [0.05, 0.1) is 25.6 Å². The lowest BCUT2D eigenvalue weighted by Crippen LogP contribution is -2.21. The molecule has 0 unspecified atom stereocenters. The molecule has 0 atom stereocenters. The van der Waals surface area contributed by atoms with Crippen LogP contribution in [0, 0.1) is 0 Å². The Hall–Kier alpha value is -3.51. The third-order valence-electron chi connectivity index (χ3n) is 4.17. The maximum Gasteiger partial charge on any atom is 0.323 e. The molecule has 3 aromatic rings. The first-order chi connectivity index (χ1) is 14.0. The van der Waals surface area contributed by atoms with Crippen molar-refractivity contribution >= 4 is 34.8 Å². The van der Waals surface area contributed by atoms with E-state index >= 15 is 0 Å². The molecule has 0 aliphatic carbocycles. The van der Waals surface area contributed by atoms with E-state index in [1.807, 2.05) is 6.07 Å². The van der Waals surface area contributed by atoms with Gasteiger partial charge in [0.2, 0.25) is 0 Å². The minimum Gasteiger partial charge on any atom is -0.497 e. The fourth-order valence-corrected chi connectivity index (χ4v) is 2.92. The zero-order valence-electron chi connectivity index (χ0n) is 15.9. The molecule has 29 heavy (non-hydrogen) atoms. The molecule has 7 heteroatoms. The molecule has 0 fully saturated rings. The topological polar surface area (TPSA) is 76.7 Å². The van der Waals surface area contributed by atoms with Crippen LogP contribution < -0.4 is 20.1 Å². The second-order valence-electron chi connectivity index (χ2n) is 6.03. The highest BCUT2D eigenvalue weighted by Gasteiger charge is 2.17. The number of urea groups is 1. The summed E-state index contributed by atoms with van der Waals surface area (Å²) in [7, 11) is 3.03. The van der Waals surface area contributed by atoms with E-state index in [2.05, 4.69) is 10.6 Å². The van der Waals surface area contributed by atoms with Crippen LogP contribution in [0.3, 0.4) is 0 Å². The number of anilines is 2. The van der Waals surface area contributed by atoms with Crippen LogP contribution in [0.4, 0.5) is 16.2 Å². The van der Waals surface area contributed by atoms with Crippen molar-refractivity contribution in [1.29, 1.82) is 0 Å². The number of ketones is 1. The average Bonchev–Trinajstić information content (AvgIpc) is 2.75. The molecule has 0 aromatic heterocycles. The summed E-state index contributed by atoms with van der Waals surface area (Å²) in [6.45, 7) is 0. The first-order valence-electron chi connectivity index (χ1n) is 8.71. The van der Waals surface area contributed by atoms with Crippen LogP contribution in [-0.4, -0.2) is 26.0 Å². The van der Waals surface area contributed by atoms with Crippen molar-refractivity contribution < 1.29 is 19.1 Å². The highest BCUT2D eigenvalue weighted by molar-refractivity contribution is 6.31. The van der Waals surface area contributed by atoms with Crippen molar-refractivity contribution in [3.8, 4) is 11.5 Å². The second-order valence-corrected chi connectivity index (χ2v) is 6.47. The molecule has 0 bridgehead atoms. The fourth-order valence-electron chi connectivity index (χ4n) is 2.75. The number of nitrogens with one attached hydrogen (secondary N) is 2. The molecule has 3 rings (SSSR count). The maximum atomic E-state index is 12.9. The quantitative estimate of drug-likeness (QED) is 0.545. The van der Waals surface area contributed by atoms with Gasteiger partial charge in [-0.2, -0.15) is 0 Å². The first kappa shape index (κ1) is 20.2. The Morgan fingerprint density at radius 3 is 2.24 bits per heavy atom. The Bertz CT molecular complexity index is 1040. The SMILES string of the molecule is COc1ccc(OC)c(NC(=O)Nc2ccc(Cl)cc2C(=O)c2ccccc2)c1. The van der Waals surface area contributed by atoms with E-state index in [0.29, 0.717) is 33.5 Å². The summed E-state index contributed by atoms with van der Waals surface area (Å²) in [5.74, 6) is 0.785. The van der Waals surface area contributed by atoms with E-state index in [1.165, 1.54) is 20.3 Å². The van der Waals surface area contributed by atoms with Crippen molar-refractivity contribution in [3.63, 3.8) is 0 Å². The Kier molecular flexibility index (Phi) is 6.36. The number of amides is 2. The average molecular weight is 411 g/mol. The minimum absolute atomic E-state index is 0.248. The fraction of sp³-hybridized carbons (Fsp3) is 0.0909. The minimum atomic E-state index is -0.541. The number of halogens is 1. The van der Waals surface area contributed by atoms with Gasteiger partial charge in [-0.1, -0.05) is 41.9 Å². The van der Waals surface area contributed by atoms with Crippen LogP contribution in [0.1, 0.15) is 15.9 Å². The first-order valence-corrected chi connectivity index (χ1v) is 9.09. The number of benzene rings is 3. The molecule has 6 nitrogen and oxygen atoms in total. The van der Waals surface area contributed by atoms with Crippen molar-refractivity contribution in [2.75, 3.05) is 24.9 Å². The van der Waals surface area contributed by atoms with E-state index in [9.17, 15) is 9.59 Å². The van der Waals surface area contributed by atoms with Crippen LogP contribution in [0.2, 0.25) is 5.02 Å². The zero-order valence-corrected chi connectivity index (χ0v) is 16.6. The maximum absolute atomic E-state index is 12.9. The summed E-state index contributed by atoms with van der Waals surface area (Å²) in [5.41, 5.74) is 1.54. The molecule has 0 aliphatic rings. The molecule has 0 spiro atoms. The number of ether oxygens (including phenoxy) is 2. The Balaban J connectivity index is 1.85. The molecular weight excluding hydrogens is 392 g/mol.